The molecule has 0 unspecified atom stereocenters. The second-order valence-electron chi connectivity index (χ2n) is 6.89. The van der Waals surface area contributed by atoms with Crippen LogP contribution in [-0.4, -0.2) is 17.9 Å². The molecule has 1 atom stereocenters. The Morgan fingerprint density at radius 3 is 2.24 bits per heavy atom. The zero-order chi connectivity index (χ0) is 15.6. The van der Waals surface area contributed by atoms with Crippen molar-refractivity contribution in [2.45, 2.75) is 51.5 Å². The van der Waals surface area contributed by atoms with Gasteiger partial charge in [-0.3, -0.25) is 9.59 Å². The van der Waals surface area contributed by atoms with Gasteiger partial charge in [0, 0.05) is 12.3 Å². The average molecular weight is 288 g/mol. The first-order chi connectivity index (χ1) is 9.77. The van der Waals surface area contributed by atoms with Gasteiger partial charge >= 0.3 is 0 Å². The van der Waals surface area contributed by atoms with Crippen LogP contribution in [0.2, 0.25) is 0 Å². The molecule has 21 heavy (non-hydrogen) atoms. The van der Waals surface area contributed by atoms with Crippen molar-refractivity contribution >= 4 is 11.8 Å². The van der Waals surface area contributed by atoms with Crippen molar-refractivity contribution in [3.05, 3.63) is 35.4 Å². The molecule has 0 bridgehead atoms. The van der Waals surface area contributed by atoms with E-state index in [2.05, 4.69) is 38.2 Å². The van der Waals surface area contributed by atoms with Crippen LogP contribution in [0.1, 0.15) is 44.7 Å². The third-order valence-corrected chi connectivity index (χ3v) is 3.87. The third kappa shape index (κ3) is 4.31. The summed E-state index contributed by atoms with van der Waals surface area (Å²) in [5.74, 6) is -0.455. The number of hydrogen-bond acceptors (Lipinski definition) is 2. The summed E-state index contributed by atoms with van der Waals surface area (Å²) in [5, 5.41) is 2.76. The Morgan fingerprint density at radius 2 is 1.81 bits per heavy atom. The SMILES string of the molecule is CC(C)(C)c1ccc(C[C@@H](NC(=O)C2CC2)C(N)=O)cc1. The van der Waals surface area contributed by atoms with E-state index in [9.17, 15) is 9.59 Å². The van der Waals surface area contributed by atoms with Gasteiger partial charge in [0.05, 0.1) is 0 Å². The molecule has 3 N–H and O–H groups in total. The van der Waals surface area contributed by atoms with Crippen LogP contribution < -0.4 is 11.1 Å². The molecule has 1 aliphatic carbocycles. The highest BCUT2D eigenvalue weighted by Crippen LogP contribution is 2.29. The maximum Gasteiger partial charge on any atom is 0.240 e. The van der Waals surface area contributed by atoms with Crippen LogP contribution in [0.5, 0.6) is 0 Å². The Balaban J connectivity index is 2.02. The molecule has 0 spiro atoms. The molecule has 0 aliphatic heterocycles. The maximum absolute atomic E-state index is 11.8. The fraction of sp³-hybridized carbons (Fsp3) is 0.529. The van der Waals surface area contributed by atoms with E-state index in [1.807, 2.05) is 12.1 Å². The first-order valence-electron chi connectivity index (χ1n) is 7.46. The fourth-order valence-corrected chi connectivity index (χ4v) is 2.23. The van der Waals surface area contributed by atoms with Crippen molar-refractivity contribution < 1.29 is 9.59 Å². The lowest BCUT2D eigenvalue weighted by Gasteiger charge is -2.20. The van der Waals surface area contributed by atoms with E-state index < -0.39 is 11.9 Å². The fourth-order valence-electron chi connectivity index (χ4n) is 2.23. The lowest BCUT2D eigenvalue weighted by Crippen LogP contribution is -2.46. The highest BCUT2D eigenvalue weighted by atomic mass is 16.2. The van der Waals surface area contributed by atoms with E-state index in [0.717, 1.165) is 18.4 Å². The minimum absolute atomic E-state index is 0.0508. The minimum atomic E-state index is -0.626. The molecule has 1 aromatic carbocycles. The zero-order valence-corrected chi connectivity index (χ0v) is 13.0. The van der Waals surface area contributed by atoms with Crippen LogP contribution in [-0.2, 0) is 21.4 Å². The van der Waals surface area contributed by atoms with Crippen molar-refractivity contribution in [2.24, 2.45) is 11.7 Å². The molecular weight excluding hydrogens is 264 g/mol. The van der Waals surface area contributed by atoms with Gasteiger partial charge < -0.3 is 11.1 Å². The lowest BCUT2D eigenvalue weighted by molar-refractivity contribution is -0.128. The number of amides is 2. The van der Waals surface area contributed by atoms with Crippen molar-refractivity contribution in [2.75, 3.05) is 0 Å². The quantitative estimate of drug-likeness (QED) is 0.868. The first-order valence-corrected chi connectivity index (χ1v) is 7.46. The normalized spacial score (nSPS) is 16.3. The second-order valence-corrected chi connectivity index (χ2v) is 6.89. The summed E-state index contributed by atoms with van der Waals surface area (Å²) in [4.78, 5) is 23.3. The summed E-state index contributed by atoms with van der Waals surface area (Å²) in [6.45, 7) is 6.47. The molecule has 1 aromatic rings. The van der Waals surface area contributed by atoms with Gasteiger partial charge in [-0.2, -0.15) is 0 Å². The Kier molecular flexibility index (Phi) is 4.35. The molecule has 2 amide bonds. The van der Waals surface area contributed by atoms with Gasteiger partial charge in [0.15, 0.2) is 0 Å². The summed E-state index contributed by atoms with van der Waals surface area (Å²) in [5.41, 5.74) is 7.74. The Morgan fingerprint density at radius 1 is 1.24 bits per heavy atom. The molecule has 114 valence electrons. The Hall–Kier alpha value is -1.84. The monoisotopic (exact) mass is 288 g/mol. The molecule has 1 saturated carbocycles. The van der Waals surface area contributed by atoms with Gasteiger partial charge in [0.2, 0.25) is 11.8 Å². The maximum atomic E-state index is 11.8. The average Bonchev–Trinajstić information content (AvgIpc) is 3.21. The number of carbonyl (C=O) groups excluding carboxylic acids is 2. The first kappa shape index (κ1) is 15.5. The number of hydrogen-bond donors (Lipinski definition) is 2. The van der Waals surface area contributed by atoms with Crippen LogP contribution >= 0.6 is 0 Å². The van der Waals surface area contributed by atoms with Gasteiger partial charge in [-0.15, -0.1) is 0 Å². The van der Waals surface area contributed by atoms with Crippen molar-refractivity contribution in [1.29, 1.82) is 0 Å². The van der Waals surface area contributed by atoms with Crippen LogP contribution in [0.25, 0.3) is 0 Å². The molecule has 1 aliphatic rings. The number of nitrogens with one attached hydrogen (secondary N) is 1. The van der Waals surface area contributed by atoms with Crippen molar-refractivity contribution in [1.82, 2.24) is 5.32 Å². The molecule has 1 fully saturated rings. The standard InChI is InChI=1S/C17H24N2O2/c1-17(2,3)13-8-4-11(5-9-13)10-14(15(18)20)19-16(21)12-6-7-12/h4-5,8-9,12,14H,6-7,10H2,1-3H3,(H2,18,20)(H,19,21)/t14-/m1/s1. The van der Waals surface area contributed by atoms with Crippen LogP contribution in [0.3, 0.4) is 0 Å². The topological polar surface area (TPSA) is 72.2 Å². The van der Waals surface area contributed by atoms with Gasteiger partial charge in [0.25, 0.3) is 0 Å². The van der Waals surface area contributed by atoms with Crippen molar-refractivity contribution in [3.8, 4) is 0 Å². The molecule has 0 saturated heterocycles. The van der Waals surface area contributed by atoms with E-state index in [1.165, 1.54) is 5.56 Å². The van der Waals surface area contributed by atoms with Gasteiger partial charge in [-0.25, -0.2) is 0 Å². The molecule has 2 rings (SSSR count). The predicted molar refractivity (Wildman–Crippen MR) is 82.7 cm³/mol. The lowest BCUT2D eigenvalue weighted by atomic mass is 9.86. The second kappa shape index (κ2) is 5.88. The van der Waals surface area contributed by atoms with E-state index in [1.54, 1.807) is 0 Å². The zero-order valence-electron chi connectivity index (χ0n) is 13.0. The number of rotatable bonds is 5. The van der Waals surface area contributed by atoms with E-state index in [-0.39, 0.29) is 17.2 Å². The summed E-state index contributed by atoms with van der Waals surface area (Å²) in [7, 11) is 0. The molecule has 4 nitrogen and oxygen atoms in total. The van der Waals surface area contributed by atoms with Crippen molar-refractivity contribution in [3.63, 3.8) is 0 Å². The summed E-state index contributed by atoms with van der Waals surface area (Å²) in [6, 6.07) is 7.50. The van der Waals surface area contributed by atoms with Crippen LogP contribution in [0, 0.1) is 5.92 Å². The summed E-state index contributed by atoms with van der Waals surface area (Å²) < 4.78 is 0. The summed E-state index contributed by atoms with van der Waals surface area (Å²) in [6.07, 6.45) is 2.27. The van der Waals surface area contributed by atoms with E-state index >= 15 is 0 Å². The van der Waals surface area contributed by atoms with Gasteiger partial charge in [-0.1, -0.05) is 45.0 Å². The Labute approximate surface area is 126 Å². The third-order valence-electron chi connectivity index (χ3n) is 3.87. The van der Waals surface area contributed by atoms with E-state index in [4.69, 9.17) is 5.73 Å². The highest BCUT2D eigenvalue weighted by Gasteiger charge is 2.32. The largest absolute Gasteiger partial charge is 0.368 e. The van der Waals surface area contributed by atoms with Gasteiger partial charge in [0.1, 0.15) is 6.04 Å². The molecule has 4 heteroatoms. The molecule has 0 heterocycles. The predicted octanol–water partition coefficient (Wildman–Crippen LogP) is 1.91. The molecule has 0 aromatic heterocycles. The van der Waals surface area contributed by atoms with E-state index in [0.29, 0.717) is 6.42 Å². The number of carbonyl (C=O) groups is 2. The summed E-state index contributed by atoms with van der Waals surface area (Å²) >= 11 is 0. The number of nitrogens with two attached hydrogens (primary N) is 1. The van der Waals surface area contributed by atoms with Crippen LogP contribution in [0.4, 0.5) is 0 Å². The number of benzene rings is 1. The highest BCUT2D eigenvalue weighted by molar-refractivity contribution is 5.88. The van der Waals surface area contributed by atoms with Gasteiger partial charge in [-0.05, 0) is 29.4 Å². The Bertz CT molecular complexity index is 525. The van der Waals surface area contributed by atoms with Crippen LogP contribution in [0.15, 0.2) is 24.3 Å². The number of primary amides is 1. The smallest absolute Gasteiger partial charge is 0.240 e. The molecular formula is C17H24N2O2. The minimum Gasteiger partial charge on any atom is -0.368 e. The molecule has 0 radical (unpaired) electrons.